The van der Waals surface area contributed by atoms with E-state index in [1.807, 2.05) is 6.07 Å². The van der Waals surface area contributed by atoms with Crippen LogP contribution >= 0.6 is 0 Å². The maximum absolute atomic E-state index is 11.9. The fourth-order valence-corrected chi connectivity index (χ4v) is 2.17. The first-order chi connectivity index (χ1) is 8.06. The second-order valence-corrected chi connectivity index (χ2v) is 5.34. The van der Waals surface area contributed by atoms with Crippen molar-refractivity contribution in [1.29, 1.82) is 0 Å². The lowest BCUT2D eigenvalue weighted by Crippen LogP contribution is -2.26. The topological polar surface area (TPSA) is 43.1 Å². The van der Waals surface area contributed by atoms with E-state index >= 15 is 0 Å². The summed E-state index contributed by atoms with van der Waals surface area (Å²) < 4.78 is 0. The third kappa shape index (κ3) is 3.40. The van der Waals surface area contributed by atoms with Crippen molar-refractivity contribution >= 4 is 5.78 Å². The normalized spacial score (nSPS) is 16.9. The van der Waals surface area contributed by atoms with Gasteiger partial charge in [0.2, 0.25) is 0 Å². The van der Waals surface area contributed by atoms with Crippen molar-refractivity contribution in [1.82, 2.24) is 0 Å². The van der Waals surface area contributed by atoms with Crippen molar-refractivity contribution in [2.24, 2.45) is 11.7 Å². The molecule has 0 radical (unpaired) electrons. The minimum Gasteiger partial charge on any atom is -0.327 e. The molecule has 2 rings (SSSR count). The van der Waals surface area contributed by atoms with Crippen molar-refractivity contribution in [3.8, 4) is 0 Å². The fourth-order valence-electron chi connectivity index (χ4n) is 2.17. The summed E-state index contributed by atoms with van der Waals surface area (Å²) in [4.78, 5) is 11.9. The molecule has 92 valence electrons. The Kier molecular flexibility index (Phi) is 3.63. The van der Waals surface area contributed by atoms with Gasteiger partial charge in [-0.25, -0.2) is 0 Å². The second-order valence-electron chi connectivity index (χ2n) is 5.34. The molecule has 0 saturated heterocycles. The Morgan fingerprint density at radius 3 is 2.65 bits per heavy atom. The van der Waals surface area contributed by atoms with Gasteiger partial charge in [-0.05, 0) is 49.3 Å². The van der Waals surface area contributed by atoms with E-state index in [0.717, 1.165) is 5.56 Å². The quantitative estimate of drug-likeness (QED) is 0.846. The lowest BCUT2D eigenvalue weighted by molar-refractivity contribution is -0.118. The van der Waals surface area contributed by atoms with Crippen molar-refractivity contribution in [2.75, 3.05) is 0 Å². The van der Waals surface area contributed by atoms with Crippen molar-refractivity contribution in [2.45, 2.75) is 45.6 Å². The lowest BCUT2D eigenvalue weighted by atomic mass is 9.99. The van der Waals surface area contributed by atoms with Crippen molar-refractivity contribution < 1.29 is 4.79 Å². The third-order valence-corrected chi connectivity index (χ3v) is 3.66. The Labute approximate surface area is 103 Å². The van der Waals surface area contributed by atoms with Gasteiger partial charge < -0.3 is 5.73 Å². The second kappa shape index (κ2) is 5.01. The van der Waals surface area contributed by atoms with Crippen LogP contribution in [0.15, 0.2) is 18.2 Å². The predicted octanol–water partition coefficient (Wildman–Crippen LogP) is 2.54. The van der Waals surface area contributed by atoms with Gasteiger partial charge >= 0.3 is 0 Å². The van der Waals surface area contributed by atoms with Gasteiger partial charge in [-0.2, -0.15) is 0 Å². The molecular formula is C15H21NO. The molecule has 1 saturated carbocycles. The van der Waals surface area contributed by atoms with Gasteiger partial charge in [-0.3, -0.25) is 4.79 Å². The average Bonchev–Trinajstić information content (AvgIpc) is 3.06. The number of hydrogen-bond acceptors (Lipinski definition) is 2. The van der Waals surface area contributed by atoms with Crippen LogP contribution in [0.2, 0.25) is 0 Å². The van der Waals surface area contributed by atoms with Crippen LogP contribution in [0.4, 0.5) is 0 Å². The minimum atomic E-state index is 0.0917. The van der Waals surface area contributed by atoms with E-state index in [1.165, 1.54) is 24.0 Å². The zero-order valence-corrected chi connectivity index (χ0v) is 10.7. The third-order valence-electron chi connectivity index (χ3n) is 3.66. The molecule has 2 nitrogen and oxygen atoms in total. The Balaban J connectivity index is 1.90. The van der Waals surface area contributed by atoms with E-state index in [0.29, 0.717) is 18.8 Å². The number of nitrogens with two attached hydrogens (primary N) is 1. The van der Waals surface area contributed by atoms with Crippen LogP contribution in [-0.2, 0) is 11.2 Å². The van der Waals surface area contributed by atoms with Crippen LogP contribution in [0.1, 0.15) is 36.0 Å². The smallest absolute Gasteiger partial charge is 0.138 e. The van der Waals surface area contributed by atoms with Crippen LogP contribution in [0.3, 0.4) is 0 Å². The SMILES string of the molecule is Cc1ccc(CC(=O)CC(N)C2CC2)cc1C. The molecule has 1 unspecified atom stereocenters. The summed E-state index contributed by atoms with van der Waals surface area (Å²) in [5, 5.41) is 0. The Morgan fingerprint density at radius 2 is 2.06 bits per heavy atom. The molecule has 17 heavy (non-hydrogen) atoms. The number of ketones is 1. The van der Waals surface area contributed by atoms with E-state index in [1.54, 1.807) is 0 Å². The summed E-state index contributed by atoms with van der Waals surface area (Å²) in [7, 11) is 0. The van der Waals surface area contributed by atoms with Crippen LogP contribution in [0.25, 0.3) is 0 Å². The molecule has 2 heteroatoms. The van der Waals surface area contributed by atoms with E-state index < -0.39 is 0 Å². The molecule has 2 N–H and O–H groups in total. The van der Waals surface area contributed by atoms with E-state index in [-0.39, 0.29) is 11.8 Å². The molecule has 0 amide bonds. The molecule has 1 fully saturated rings. The summed E-state index contributed by atoms with van der Waals surface area (Å²) in [6.07, 6.45) is 3.48. The first-order valence-electron chi connectivity index (χ1n) is 6.39. The highest BCUT2D eigenvalue weighted by Crippen LogP contribution is 2.33. The summed E-state index contributed by atoms with van der Waals surface area (Å²) in [6, 6.07) is 6.33. The van der Waals surface area contributed by atoms with Crippen LogP contribution < -0.4 is 5.73 Å². The number of hydrogen-bond donors (Lipinski definition) is 1. The maximum Gasteiger partial charge on any atom is 0.138 e. The number of carbonyl (C=O) groups excluding carboxylic acids is 1. The maximum atomic E-state index is 11.9. The summed E-state index contributed by atoms with van der Waals surface area (Å²) in [5.41, 5.74) is 9.60. The van der Waals surface area contributed by atoms with Gasteiger partial charge in [0, 0.05) is 18.9 Å². The number of rotatable bonds is 5. The average molecular weight is 231 g/mol. The van der Waals surface area contributed by atoms with E-state index in [2.05, 4.69) is 26.0 Å². The number of benzene rings is 1. The Hall–Kier alpha value is -1.15. The predicted molar refractivity (Wildman–Crippen MR) is 69.9 cm³/mol. The van der Waals surface area contributed by atoms with Gasteiger partial charge in [0.15, 0.2) is 0 Å². The van der Waals surface area contributed by atoms with Crippen LogP contribution in [0, 0.1) is 19.8 Å². The molecule has 1 aliphatic rings. The van der Waals surface area contributed by atoms with Crippen LogP contribution in [-0.4, -0.2) is 11.8 Å². The van der Waals surface area contributed by atoms with Gasteiger partial charge in [-0.15, -0.1) is 0 Å². The molecule has 1 aromatic carbocycles. The fraction of sp³-hybridized carbons (Fsp3) is 0.533. The lowest BCUT2D eigenvalue weighted by Gasteiger charge is -2.09. The Morgan fingerprint density at radius 1 is 1.35 bits per heavy atom. The monoisotopic (exact) mass is 231 g/mol. The highest BCUT2D eigenvalue weighted by molar-refractivity contribution is 5.81. The number of aryl methyl sites for hydroxylation is 2. The first-order valence-corrected chi connectivity index (χ1v) is 6.39. The molecule has 1 aliphatic carbocycles. The van der Waals surface area contributed by atoms with Gasteiger partial charge in [-0.1, -0.05) is 18.2 Å². The highest BCUT2D eigenvalue weighted by atomic mass is 16.1. The van der Waals surface area contributed by atoms with Gasteiger partial charge in [0.05, 0.1) is 0 Å². The molecule has 0 bridgehead atoms. The van der Waals surface area contributed by atoms with E-state index in [4.69, 9.17) is 5.73 Å². The Bertz CT molecular complexity index is 421. The molecule has 1 aromatic rings. The first kappa shape index (κ1) is 12.3. The van der Waals surface area contributed by atoms with Gasteiger partial charge in [0.1, 0.15) is 5.78 Å². The zero-order valence-electron chi connectivity index (χ0n) is 10.7. The molecule has 0 aromatic heterocycles. The van der Waals surface area contributed by atoms with Crippen molar-refractivity contribution in [3.05, 3.63) is 34.9 Å². The molecule has 0 heterocycles. The number of carbonyl (C=O) groups is 1. The standard InChI is InChI=1S/C15H21NO/c1-10-3-4-12(7-11(10)2)8-14(17)9-15(16)13-5-6-13/h3-4,7,13,15H,5-6,8-9,16H2,1-2H3. The molecule has 0 aliphatic heterocycles. The highest BCUT2D eigenvalue weighted by Gasteiger charge is 2.29. The summed E-state index contributed by atoms with van der Waals surface area (Å²) in [6.45, 7) is 4.17. The van der Waals surface area contributed by atoms with Gasteiger partial charge in [0.25, 0.3) is 0 Å². The van der Waals surface area contributed by atoms with Crippen molar-refractivity contribution in [3.63, 3.8) is 0 Å². The summed E-state index contributed by atoms with van der Waals surface area (Å²) >= 11 is 0. The number of Topliss-reactive ketones (excluding diaryl/α,β-unsaturated/α-hetero) is 1. The molecule has 0 spiro atoms. The van der Waals surface area contributed by atoms with E-state index in [9.17, 15) is 4.79 Å². The summed E-state index contributed by atoms with van der Waals surface area (Å²) in [5.74, 6) is 0.881. The largest absolute Gasteiger partial charge is 0.327 e. The molecular weight excluding hydrogens is 210 g/mol. The minimum absolute atomic E-state index is 0.0917. The molecule has 1 atom stereocenters. The zero-order chi connectivity index (χ0) is 12.4. The van der Waals surface area contributed by atoms with Crippen LogP contribution in [0.5, 0.6) is 0 Å².